The van der Waals surface area contributed by atoms with Crippen LogP contribution in [0.2, 0.25) is 0 Å². The van der Waals surface area contributed by atoms with E-state index in [4.69, 9.17) is 0 Å². The van der Waals surface area contributed by atoms with Gasteiger partial charge >= 0.3 is 0 Å². The van der Waals surface area contributed by atoms with Gasteiger partial charge in [0.05, 0.1) is 12.5 Å². The minimum absolute atomic E-state index is 0.265. The maximum Gasteiger partial charge on any atom is 0.194 e. The van der Waals surface area contributed by atoms with Crippen molar-refractivity contribution < 1.29 is 4.39 Å². The molecule has 6 heteroatoms. The quantitative estimate of drug-likeness (QED) is 0.715. The highest BCUT2D eigenvalue weighted by Gasteiger charge is 2.22. The fourth-order valence-electron chi connectivity index (χ4n) is 2.62. The Hall–Kier alpha value is -2.34. The second-order valence-corrected chi connectivity index (χ2v) is 6.45. The maximum absolute atomic E-state index is 13.5. The highest BCUT2D eigenvalue weighted by molar-refractivity contribution is 7.99. The topological polar surface area (TPSA) is 34.0 Å². The van der Waals surface area contributed by atoms with Gasteiger partial charge in [0.25, 0.3) is 0 Å². The van der Waals surface area contributed by atoms with Crippen LogP contribution < -0.4 is 4.90 Å². The minimum Gasteiger partial charge on any atom is -0.344 e. The number of nitrogens with zero attached hydrogens (tertiary/aromatic N) is 4. The Bertz CT molecular complexity index is 844. The van der Waals surface area contributed by atoms with Crippen molar-refractivity contribution in [2.75, 3.05) is 10.8 Å². The summed E-state index contributed by atoms with van der Waals surface area (Å²) in [5.41, 5.74) is 3.14. The van der Waals surface area contributed by atoms with Crippen LogP contribution in [0.3, 0.4) is 0 Å². The summed E-state index contributed by atoms with van der Waals surface area (Å²) < 4.78 is 15.5. The summed E-state index contributed by atoms with van der Waals surface area (Å²) in [7, 11) is 0. The lowest BCUT2D eigenvalue weighted by molar-refractivity contribution is 0.606. The van der Waals surface area contributed by atoms with Crippen LogP contribution in [-0.4, -0.2) is 20.6 Å². The third-order valence-corrected chi connectivity index (χ3v) is 4.86. The highest BCUT2D eigenvalue weighted by Crippen LogP contribution is 2.31. The number of aromatic nitrogens is 3. The number of halogens is 1. The zero-order chi connectivity index (χ0) is 15.8. The Morgan fingerprint density at radius 3 is 2.70 bits per heavy atom. The first-order valence-corrected chi connectivity index (χ1v) is 8.33. The molecule has 0 atom stereocenters. The zero-order valence-corrected chi connectivity index (χ0v) is 13.4. The molecule has 0 saturated carbocycles. The van der Waals surface area contributed by atoms with Gasteiger partial charge in [-0.15, -0.1) is 10.2 Å². The van der Waals surface area contributed by atoms with Gasteiger partial charge < -0.3 is 4.90 Å². The van der Waals surface area contributed by atoms with Crippen LogP contribution in [0, 0.1) is 12.7 Å². The summed E-state index contributed by atoms with van der Waals surface area (Å²) >= 11 is 1.64. The molecule has 3 aromatic rings. The summed E-state index contributed by atoms with van der Waals surface area (Å²) in [4.78, 5) is 2.25. The first-order valence-electron chi connectivity index (χ1n) is 7.34. The number of benzene rings is 2. The van der Waals surface area contributed by atoms with Gasteiger partial charge in [-0.05, 0) is 31.2 Å². The standard InChI is InChI=1S/C17H15FN4S/c1-12-5-7-15(8-6-12)21-10-22-16(19-20-17(22)23-11-21)13-3-2-4-14(18)9-13/h2-9H,10-11H2,1H3. The van der Waals surface area contributed by atoms with Gasteiger partial charge in [0.1, 0.15) is 5.82 Å². The van der Waals surface area contributed by atoms with E-state index in [1.54, 1.807) is 17.8 Å². The molecule has 1 aromatic heterocycles. The van der Waals surface area contributed by atoms with Crippen LogP contribution in [0.5, 0.6) is 0 Å². The number of aryl methyl sites for hydroxylation is 1. The molecule has 0 amide bonds. The molecule has 0 saturated heterocycles. The average molecular weight is 326 g/mol. The lowest BCUT2D eigenvalue weighted by Gasteiger charge is -2.29. The molecule has 0 spiro atoms. The van der Waals surface area contributed by atoms with Crippen molar-refractivity contribution in [3.8, 4) is 11.4 Å². The number of anilines is 1. The summed E-state index contributed by atoms with van der Waals surface area (Å²) in [6.07, 6.45) is 0. The fraction of sp³-hybridized carbons (Fsp3) is 0.176. The Morgan fingerprint density at radius 1 is 1.09 bits per heavy atom. The number of hydrogen-bond acceptors (Lipinski definition) is 4. The van der Waals surface area contributed by atoms with E-state index in [9.17, 15) is 4.39 Å². The molecular formula is C17H15FN4S. The minimum atomic E-state index is -0.265. The molecule has 0 fully saturated rings. The molecule has 4 rings (SSSR count). The van der Waals surface area contributed by atoms with E-state index in [-0.39, 0.29) is 5.82 Å². The van der Waals surface area contributed by atoms with Gasteiger partial charge in [0.15, 0.2) is 11.0 Å². The molecule has 2 aromatic carbocycles. The molecule has 1 aliphatic heterocycles. The predicted molar refractivity (Wildman–Crippen MR) is 89.8 cm³/mol. The van der Waals surface area contributed by atoms with Crippen LogP contribution in [0.4, 0.5) is 10.1 Å². The summed E-state index contributed by atoms with van der Waals surface area (Å²) in [5.74, 6) is 1.26. The van der Waals surface area contributed by atoms with Crippen LogP contribution in [0.15, 0.2) is 53.7 Å². The Morgan fingerprint density at radius 2 is 1.91 bits per heavy atom. The van der Waals surface area contributed by atoms with E-state index in [1.165, 1.54) is 17.7 Å². The molecule has 0 bridgehead atoms. The maximum atomic E-state index is 13.5. The largest absolute Gasteiger partial charge is 0.344 e. The highest BCUT2D eigenvalue weighted by atomic mass is 32.2. The second-order valence-electron chi connectivity index (χ2n) is 5.53. The first-order chi connectivity index (χ1) is 11.2. The molecule has 0 radical (unpaired) electrons. The van der Waals surface area contributed by atoms with Crippen LogP contribution in [0.25, 0.3) is 11.4 Å². The average Bonchev–Trinajstić information content (AvgIpc) is 2.98. The Kier molecular flexibility index (Phi) is 3.53. The van der Waals surface area contributed by atoms with Gasteiger partial charge in [-0.2, -0.15) is 0 Å². The zero-order valence-electron chi connectivity index (χ0n) is 12.6. The monoisotopic (exact) mass is 326 g/mol. The van der Waals surface area contributed by atoms with Crippen molar-refractivity contribution in [1.29, 1.82) is 0 Å². The SMILES string of the molecule is Cc1ccc(N2CSc3nnc(-c4cccc(F)c4)n3C2)cc1. The lowest BCUT2D eigenvalue weighted by Crippen LogP contribution is -2.30. The van der Waals surface area contributed by atoms with Crippen LogP contribution in [0.1, 0.15) is 5.56 Å². The molecule has 1 aliphatic rings. The number of rotatable bonds is 2. The molecule has 4 nitrogen and oxygen atoms in total. The van der Waals surface area contributed by atoms with Crippen molar-refractivity contribution in [3.63, 3.8) is 0 Å². The van der Waals surface area contributed by atoms with Crippen LogP contribution in [-0.2, 0) is 6.67 Å². The molecule has 23 heavy (non-hydrogen) atoms. The van der Waals surface area contributed by atoms with E-state index in [0.717, 1.165) is 22.3 Å². The molecule has 2 heterocycles. The van der Waals surface area contributed by atoms with Crippen molar-refractivity contribution >= 4 is 17.4 Å². The Balaban J connectivity index is 1.69. The van der Waals surface area contributed by atoms with E-state index >= 15 is 0 Å². The van der Waals surface area contributed by atoms with E-state index in [1.807, 2.05) is 10.6 Å². The summed E-state index contributed by atoms with van der Waals surface area (Å²) in [6.45, 7) is 2.74. The van der Waals surface area contributed by atoms with E-state index < -0.39 is 0 Å². The number of fused-ring (bicyclic) bond motifs is 1. The van der Waals surface area contributed by atoms with Crippen molar-refractivity contribution in [1.82, 2.24) is 14.8 Å². The fourth-order valence-corrected chi connectivity index (χ4v) is 3.52. The lowest BCUT2D eigenvalue weighted by atomic mass is 10.2. The second kappa shape index (κ2) is 5.70. The molecule has 0 N–H and O–H groups in total. The van der Waals surface area contributed by atoms with Gasteiger partial charge in [-0.1, -0.05) is 41.6 Å². The smallest absolute Gasteiger partial charge is 0.194 e. The predicted octanol–water partition coefficient (Wildman–Crippen LogP) is 3.92. The van der Waals surface area contributed by atoms with Gasteiger partial charge in [0.2, 0.25) is 0 Å². The number of hydrogen-bond donors (Lipinski definition) is 0. The van der Waals surface area contributed by atoms with Gasteiger partial charge in [-0.25, -0.2) is 4.39 Å². The van der Waals surface area contributed by atoms with Gasteiger partial charge in [-0.3, -0.25) is 4.57 Å². The van der Waals surface area contributed by atoms with Crippen molar-refractivity contribution in [3.05, 3.63) is 59.9 Å². The molecule has 0 aliphatic carbocycles. The molecule has 0 unspecified atom stereocenters. The third kappa shape index (κ3) is 2.70. The van der Waals surface area contributed by atoms with Crippen molar-refractivity contribution in [2.24, 2.45) is 0 Å². The first kappa shape index (κ1) is 14.3. The summed E-state index contributed by atoms with van der Waals surface area (Å²) in [6, 6.07) is 14.9. The normalized spacial score (nSPS) is 13.9. The number of thioether (sulfide) groups is 1. The molecular weight excluding hydrogens is 311 g/mol. The van der Waals surface area contributed by atoms with E-state index in [2.05, 4.69) is 46.3 Å². The molecule has 116 valence electrons. The van der Waals surface area contributed by atoms with E-state index in [0.29, 0.717) is 12.5 Å². The third-order valence-electron chi connectivity index (χ3n) is 3.86. The van der Waals surface area contributed by atoms with Crippen LogP contribution >= 0.6 is 11.8 Å². The van der Waals surface area contributed by atoms with Crippen molar-refractivity contribution in [2.45, 2.75) is 18.7 Å². The Labute approximate surface area is 138 Å². The van der Waals surface area contributed by atoms with Gasteiger partial charge in [0, 0.05) is 11.3 Å². The summed E-state index contributed by atoms with van der Waals surface area (Å²) in [5, 5.41) is 9.35.